The lowest BCUT2D eigenvalue weighted by Crippen LogP contribution is -2.41. The largest absolute Gasteiger partial charge is 0.490 e. The van der Waals surface area contributed by atoms with Crippen molar-refractivity contribution in [3.63, 3.8) is 0 Å². The number of ether oxygens (including phenoxy) is 2. The summed E-state index contributed by atoms with van der Waals surface area (Å²) >= 11 is 0. The molecule has 8 N–H and O–H groups in total. The van der Waals surface area contributed by atoms with Crippen LogP contribution in [0.5, 0.6) is 0 Å². The minimum absolute atomic E-state index is 0.0740. The van der Waals surface area contributed by atoms with Crippen LogP contribution in [0.1, 0.15) is 33.6 Å². The molecule has 6 atom stereocenters. The highest BCUT2D eigenvalue weighted by molar-refractivity contribution is 8.77. The molecule has 1 amide bonds. The van der Waals surface area contributed by atoms with E-state index in [0.29, 0.717) is 13.0 Å². The zero-order valence-corrected chi connectivity index (χ0v) is 25.9. The average molecular weight is 675 g/mol. The van der Waals surface area contributed by atoms with E-state index >= 15 is 0 Å². The van der Waals surface area contributed by atoms with Gasteiger partial charge in [0.2, 0.25) is 12.3 Å². The number of aliphatic hydroxyl groups is 1. The quantitative estimate of drug-likeness (QED) is 0.0519. The van der Waals surface area contributed by atoms with E-state index in [-0.39, 0.29) is 28.8 Å². The number of carbonyl (C=O) groups is 1. The Kier molecular flexibility index (Phi) is 13.2. The Morgan fingerprint density at radius 1 is 1.25 bits per heavy atom. The lowest BCUT2D eigenvalue weighted by molar-refractivity contribution is -0.120. The van der Waals surface area contributed by atoms with Crippen LogP contribution >= 0.6 is 45.1 Å². The summed E-state index contributed by atoms with van der Waals surface area (Å²) < 4.78 is 58.1. The molecule has 0 aromatic heterocycles. The number of aliphatic hydroxyl groups excluding tert-OH is 1. The van der Waals surface area contributed by atoms with Crippen molar-refractivity contribution in [2.24, 2.45) is 10.7 Å². The van der Waals surface area contributed by atoms with E-state index < -0.39 is 54.9 Å². The van der Waals surface area contributed by atoms with E-state index in [4.69, 9.17) is 29.5 Å². The molecule has 2 rings (SSSR count). The molecular weight excluding hydrogens is 641 g/mol. The van der Waals surface area contributed by atoms with Crippen LogP contribution in [0.15, 0.2) is 17.3 Å². The van der Waals surface area contributed by atoms with Crippen LogP contribution in [0.2, 0.25) is 0 Å². The Morgan fingerprint density at radius 3 is 2.52 bits per heavy atom. The van der Waals surface area contributed by atoms with Crippen molar-refractivity contribution in [2.45, 2.75) is 63.1 Å². The van der Waals surface area contributed by atoms with Gasteiger partial charge in [-0.15, -0.1) is 0 Å². The summed E-state index contributed by atoms with van der Waals surface area (Å²) in [5, 5.41) is 13.1. The molecule has 1 saturated heterocycles. The summed E-state index contributed by atoms with van der Waals surface area (Å²) in [6.45, 7) is 5.28. The first kappa shape index (κ1) is 35.7. The van der Waals surface area contributed by atoms with Crippen molar-refractivity contribution in [1.82, 2.24) is 10.2 Å². The lowest BCUT2D eigenvalue weighted by atomic mass is 10.2. The first-order valence-electron chi connectivity index (χ1n) is 11.4. The molecule has 0 aromatic rings. The maximum Gasteiger partial charge on any atom is 0.490 e. The summed E-state index contributed by atoms with van der Waals surface area (Å²) in [5.41, 5.74) is 5.57. The molecule has 0 aliphatic carbocycles. The van der Waals surface area contributed by atoms with Gasteiger partial charge in [0.1, 0.15) is 24.1 Å². The Balaban J connectivity index is 2.01. The molecular formula is C17H33N4O14P3S2. The fourth-order valence-corrected chi connectivity index (χ4v) is 8.38. The van der Waals surface area contributed by atoms with Crippen molar-refractivity contribution in [3.8, 4) is 0 Å². The maximum atomic E-state index is 12.2. The number of carbonyl (C=O) groups excluding carboxylic acids is 1. The first-order chi connectivity index (χ1) is 18.3. The Labute approximate surface area is 237 Å². The molecule has 1 fully saturated rings. The number of hydrogen-bond donors (Lipinski definition) is 7. The highest BCUT2D eigenvalue weighted by Crippen LogP contribution is 2.66. The fourth-order valence-electron chi connectivity index (χ4n) is 3.17. The number of phosphoric ester groups is 1. The minimum Gasteiger partial charge on any atom is -0.384 e. The van der Waals surface area contributed by atoms with Gasteiger partial charge in [0, 0.05) is 30.3 Å². The molecule has 23 heteroatoms. The minimum atomic E-state index is -5.69. The molecule has 2 aliphatic rings. The summed E-state index contributed by atoms with van der Waals surface area (Å²) in [4.78, 5) is 53.1. The second-order valence-corrected chi connectivity index (χ2v) is 16.2. The number of phosphoric acid groups is 3. The maximum absolute atomic E-state index is 12.2. The second kappa shape index (κ2) is 14.8. The predicted molar refractivity (Wildman–Crippen MR) is 144 cm³/mol. The van der Waals surface area contributed by atoms with Crippen molar-refractivity contribution in [2.75, 3.05) is 19.1 Å². The summed E-state index contributed by atoms with van der Waals surface area (Å²) in [7, 11) is -13.9. The van der Waals surface area contributed by atoms with Gasteiger partial charge in [-0.1, -0.05) is 28.5 Å². The third-order valence-electron chi connectivity index (χ3n) is 4.93. The zero-order valence-electron chi connectivity index (χ0n) is 21.5. The van der Waals surface area contributed by atoms with Gasteiger partial charge in [0.25, 0.3) is 0 Å². The monoisotopic (exact) mass is 674 g/mol. The van der Waals surface area contributed by atoms with E-state index in [9.17, 15) is 33.4 Å². The molecule has 0 aromatic carbocycles. The smallest absolute Gasteiger partial charge is 0.384 e. The Bertz CT molecular complexity index is 1090. The highest BCUT2D eigenvalue weighted by Gasteiger charge is 2.44. The van der Waals surface area contributed by atoms with Gasteiger partial charge in [-0.05, 0) is 19.9 Å². The van der Waals surface area contributed by atoms with Crippen LogP contribution in [0.4, 0.5) is 0 Å². The summed E-state index contributed by atoms with van der Waals surface area (Å²) in [5.74, 6) is 0.0964. The van der Waals surface area contributed by atoms with Gasteiger partial charge >= 0.3 is 23.5 Å². The van der Waals surface area contributed by atoms with Gasteiger partial charge in [-0.25, -0.2) is 18.7 Å². The number of amidine groups is 1. The summed E-state index contributed by atoms with van der Waals surface area (Å²) in [6, 6.07) is 0. The van der Waals surface area contributed by atoms with Crippen LogP contribution in [-0.4, -0.2) is 89.9 Å². The van der Waals surface area contributed by atoms with Crippen molar-refractivity contribution in [3.05, 3.63) is 12.3 Å². The number of hydrogen-bond acceptors (Lipinski definition) is 15. The SMILES string of the molecule is CCC(=O)NCC(C)(C)SSCOC1C[C@H](N2C=CC(N)=NC2O)O[C@@H]1COP(=O)(O)OP(=O)(O)OP(=O)(O)O. The standard InChI is InChI=1S/C17H33N4O14P3S2/c1-4-14(22)19-9-17(2,3)40-39-10-31-11-7-15(21-6-5-13(18)20-16(21)23)33-12(11)8-32-37(27,28)35-38(29,30)34-36(24,25)26/h5-6,11-12,15-16,23H,4,7-10H2,1-3H3,(H2,18,20)(H,19,22)(H,27,28)(H,29,30)(H2,24,25,26)/t11?,12-,15-,16?/m1/s1. The average Bonchev–Trinajstić information content (AvgIpc) is 3.19. The normalized spacial score (nSPS) is 26.7. The molecule has 0 bridgehead atoms. The molecule has 40 heavy (non-hydrogen) atoms. The van der Waals surface area contributed by atoms with Gasteiger partial charge in [0.05, 0.1) is 12.7 Å². The van der Waals surface area contributed by atoms with Gasteiger partial charge < -0.3 is 50.1 Å². The van der Waals surface area contributed by atoms with E-state index in [1.807, 2.05) is 13.8 Å². The number of nitrogens with one attached hydrogen (secondary N) is 1. The second-order valence-electron chi connectivity index (χ2n) is 8.83. The van der Waals surface area contributed by atoms with Crippen LogP contribution in [-0.2, 0) is 41.1 Å². The van der Waals surface area contributed by atoms with Crippen LogP contribution in [0, 0.1) is 0 Å². The fraction of sp³-hybridized carbons (Fsp3) is 0.765. The number of nitrogens with two attached hydrogens (primary N) is 1. The van der Waals surface area contributed by atoms with Crippen LogP contribution < -0.4 is 11.1 Å². The molecule has 4 unspecified atom stereocenters. The van der Waals surface area contributed by atoms with Gasteiger partial charge in [-0.3, -0.25) is 9.32 Å². The van der Waals surface area contributed by atoms with Crippen LogP contribution in [0.25, 0.3) is 0 Å². The first-order valence-corrected chi connectivity index (χ1v) is 18.2. The highest BCUT2D eigenvalue weighted by atomic mass is 33.1. The number of rotatable bonds is 16. The molecule has 0 radical (unpaired) electrons. The lowest BCUT2D eigenvalue weighted by Gasteiger charge is -2.31. The van der Waals surface area contributed by atoms with E-state index in [1.165, 1.54) is 38.8 Å². The van der Waals surface area contributed by atoms with Gasteiger partial charge in [-0.2, -0.15) is 8.62 Å². The van der Waals surface area contributed by atoms with E-state index in [2.05, 4.69) is 18.9 Å². The van der Waals surface area contributed by atoms with Crippen molar-refractivity contribution in [1.29, 1.82) is 0 Å². The molecule has 0 spiro atoms. The van der Waals surface area contributed by atoms with Crippen LogP contribution in [0.3, 0.4) is 0 Å². The number of nitrogens with zero attached hydrogens (tertiary/aromatic N) is 2. The third-order valence-corrected chi connectivity index (χ3v) is 11.7. The Morgan fingerprint density at radius 2 is 1.93 bits per heavy atom. The molecule has 2 heterocycles. The zero-order chi connectivity index (χ0) is 30.4. The number of amides is 1. The molecule has 0 saturated carbocycles. The topological polar surface area (TPSA) is 269 Å². The van der Waals surface area contributed by atoms with Crippen molar-refractivity contribution < 1.29 is 65.8 Å². The van der Waals surface area contributed by atoms with Crippen molar-refractivity contribution >= 4 is 56.8 Å². The summed E-state index contributed by atoms with van der Waals surface area (Å²) in [6.07, 6.45) is -0.812. The molecule has 18 nitrogen and oxygen atoms in total. The van der Waals surface area contributed by atoms with E-state index in [1.54, 1.807) is 6.92 Å². The predicted octanol–water partition coefficient (Wildman–Crippen LogP) is 0.936. The molecule has 232 valence electrons. The van der Waals surface area contributed by atoms with Gasteiger partial charge in [0.15, 0.2) is 0 Å². The number of aliphatic imine (C=N–C) groups is 1. The Hall–Kier alpha value is -0.530. The third kappa shape index (κ3) is 12.8. The molecule has 2 aliphatic heterocycles. The van der Waals surface area contributed by atoms with E-state index in [0.717, 1.165) is 0 Å².